The van der Waals surface area contributed by atoms with Crippen molar-refractivity contribution in [2.75, 3.05) is 0 Å². The molecule has 0 fully saturated rings. The number of aryl methyl sites for hydroxylation is 1. The van der Waals surface area contributed by atoms with Crippen LogP contribution in [0.4, 0.5) is 0 Å². The minimum Gasteiger partial charge on any atom is -0.0683 e. The summed E-state index contributed by atoms with van der Waals surface area (Å²) < 4.78 is 0. The molecule has 19 heavy (non-hydrogen) atoms. The molecule has 0 heteroatoms. The summed E-state index contributed by atoms with van der Waals surface area (Å²) in [5.41, 5.74) is 8.65. The molecule has 3 rings (SSSR count). The van der Waals surface area contributed by atoms with Crippen molar-refractivity contribution in [3.8, 4) is 11.1 Å². The second kappa shape index (κ2) is 5.05. The van der Waals surface area contributed by atoms with Gasteiger partial charge in [-0.15, -0.1) is 0 Å². The maximum Gasteiger partial charge on any atom is -0.00604 e. The third-order valence-corrected chi connectivity index (χ3v) is 3.88. The summed E-state index contributed by atoms with van der Waals surface area (Å²) in [6.07, 6.45) is 5.82. The lowest BCUT2D eigenvalue weighted by Crippen LogP contribution is -1.92. The predicted molar refractivity (Wildman–Crippen MR) is 83.2 cm³/mol. The highest BCUT2D eigenvalue weighted by Crippen LogP contribution is 2.35. The quantitative estimate of drug-likeness (QED) is 0.694. The molecule has 0 radical (unpaired) electrons. The first-order valence-corrected chi connectivity index (χ1v) is 7.17. The topological polar surface area (TPSA) is 0 Å². The normalized spacial score (nSPS) is 13.3. The first-order chi connectivity index (χ1) is 9.29. The molecule has 96 valence electrons. The molecule has 0 bridgehead atoms. The third kappa shape index (κ3) is 2.23. The average molecular weight is 248 g/mol. The number of hydrogen-bond donors (Lipinski definition) is 0. The van der Waals surface area contributed by atoms with Crippen LogP contribution in [0.25, 0.3) is 17.2 Å². The number of rotatable bonds is 3. The van der Waals surface area contributed by atoms with E-state index in [0.29, 0.717) is 0 Å². The zero-order chi connectivity index (χ0) is 13.2. The van der Waals surface area contributed by atoms with Gasteiger partial charge in [0, 0.05) is 0 Å². The van der Waals surface area contributed by atoms with E-state index in [1.54, 1.807) is 0 Å². The molecule has 2 aromatic rings. The largest absolute Gasteiger partial charge is 0.0683 e. The number of fused-ring (bicyclic) bond motifs is 1. The highest BCUT2D eigenvalue weighted by molar-refractivity contribution is 5.82. The summed E-state index contributed by atoms with van der Waals surface area (Å²) in [5.74, 6) is 0. The van der Waals surface area contributed by atoms with Gasteiger partial charge in [-0.25, -0.2) is 0 Å². The lowest BCUT2D eigenvalue weighted by Gasteiger charge is -2.12. The summed E-state index contributed by atoms with van der Waals surface area (Å²) in [4.78, 5) is 0. The van der Waals surface area contributed by atoms with Crippen molar-refractivity contribution in [1.29, 1.82) is 0 Å². The summed E-state index contributed by atoms with van der Waals surface area (Å²) in [5, 5.41) is 0. The Hall–Kier alpha value is -1.82. The second-order valence-electron chi connectivity index (χ2n) is 5.45. The van der Waals surface area contributed by atoms with Gasteiger partial charge in [-0.3, -0.25) is 0 Å². The van der Waals surface area contributed by atoms with Crippen LogP contribution in [-0.2, 0) is 12.8 Å². The molecule has 1 aliphatic carbocycles. The fourth-order valence-corrected chi connectivity index (χ4v) is 3.04. The molecule has 0 saturated carbocycles. The Morgan fingerprint density at radius 2 is 1.74 bits per heavy atom. The molecule has 0 nitrogen and oxygen atoms in total. The molecule has 0 spiro atoms. The molecule has 0 aromatic heterocycles. The Balaban J connectivity index is 2.16. The van der Waals surface area contributed by atoms with Gasteiger partial charge in [-0.05, 0) is 47.6 Å². The van der Waals surface area contributed by atoms with Crippen molar-refractivity contribution in [1.82, 2.24) is 0 Å². The van der Waals surface area contributed by atoms with Gasteiger partial charge in [0.15, 0.2) is 0 Å². The Bertz CT molecular complexity index is 632. The van der Waals surface area contributed by atoms with Crippen molar-refractivity contribution >= 4 is 6.08 Å². The molecular formula is C19H20. The van der Waals surface area contributed by atoms with E-state index < -0.39 is 0 Å². The van der Waals surface area contributed by atoms with Crippen LogP contribution in [0.5, 0.6) is 0 Å². The minimum atomic E-state index is 1.11. The van der Waals surface area contributed by atoms with Crippen molar-refractivity contribution in [3.05, 3.63) is 64.7 Å². The van der Waals surface area contributed by atoms with E-state index in [-0.39, 0.29) is 0 Å². The van der Waals surface area contributed by atoms with E-state index in [4.69, 9.17) is 0 Å². The van der Waals surface area contributed by atoms with Crippen molar-refractivity contribution in [2.45, 2.75) is 33.1 Å². The summed E-state index contributed by atoms with van der Waals surface area (Å²) in [6.45, 7) is 4.47. The van der Waals surface area contributed by atoms with Crippen LogP contribution in [0.2, 0.25) is 0 Å². The fourth-order valence-electron chi connectivity index (χ4n) is 3.04. The lowest BCUT2D eigenvalue weighted by atomic mass is 9.92. The number of benzene rings is 2. The zero-order valence-electron chi connectivity index (χ0n) is 11.7. The molecule has 1 aliphatic rings. The van der Waals surface area contributed by atoms with Gasteiger partial charge in [0.2, 0.25) is 0 Å². The van der Waals surface area contributed by atoms with Crippen LogP contribution in [0.15, 0.2) is 48.0 Å². The molecule has 0 atom stereocenters. The summed E-state index contributed by atoms with van der Waals surface area (Å²) in [6, 6.07) is 15.6. The van der Waals surface area contributed by atoms with Gasteiger partial charge in [-0.1, -0.05) is 67.5 Å². The van der Waals surface area contributed by atoms with E-state index in [9.17, 15) is 0 Å². The number of allylic oxidation sites excluding steroid dienone is 1. The Labute approximate surface area is 115 Å². The number of hydrogen-bond acceptors (Lipinski definition) is 0. The Morgan fingerprint density at radius 1 is 0.947 bits per heavy atom. The van der Waals surface area contributed by atoms with Crippen molar-refractivity contribution in [2.24, 2.45) is 0 Å². The van der Waals surface area contributed by atoms with Gasteiger partial charge >= 0.3 is 0 Å². The molecule has 0 N–H and O–H groups in total. The first-order valence-electron chi connectivity index (χ1n) is 7.17. The van der Waals surface area contributed by atoms with Crippen LogP contribution in [0, 0.1) is 0 Å². The highest BCUT2D eigenvalue weighted by atomic mass is 14.2. The zero-order valence-corrected chi connectivity index (χ0v) is 11.7. The minimum absolute atomic E-state index is 1.11. The summed E-state index contributed by atoms with van der Waals surface area (Å²) in [7, 11) is 0. The van der Waals surface area contributed by atoms with E-state index in [1.807, 2.05) is 0 Å². The smallest absolute Gasteiger partial charge is 0.00604 e. The molecule has 0 unspecified atom stereocenters. The second-order valence-corrected chi connectivity index (χ2v) is 5.45. The molecule has 0 amide bonds. The van der Waals surface area contributed by atoms with E-state index in [2.05, 4.69) is 62.4 Å². The monoisotopic (exact) mass is 248 g/mol. The van der Waals surface area contributed by atoms with E-state index >= 15 is 0 Å². The maximum atomic E-state index is 2.35. The van der Waals surface area contributed by atoms with Crippen LogP contribution in [-0.4, -0.2) is 0 Å². The molecule has 0 saturated heterocycles. The predicted octanol–water partition coefficient (Wildman–Crippen LogP) is 5.27. The van der Waals surface area contributed by atoms with Crippen LogP contribution >= 0.6 is 0 Å². The SMILES string of the molecule is CCCc1ccccc1-c1cccc2c1C=C(C)C2. The van der Waals surface area contributed by atoms with Crippen LogP contribution in [0.3, 0.4) is 0 Å². The van der Waals surface area contributed by atoms with E-state index in [1.165, 1.54) is 39.8 Å². The highest BCUT2D eigenvalue weighted by Gasteiger charge is 2.15. The van der Waals surface area contributed by atoms with Gasteiger partial charge in [0.05, 0.1) is 0 Å². The van der Waals surface area contributed by atoms with Gasteiger partial charge < -0.3 is 0 Å². The Kier molecular flexibility index (Phi) is 3.25. The maximum absolute atomic E-state index is 2.35. The van der Waals surface area contributed by atoms with Crippen LogP contribution in [0.1, 0.15) is 37.0 Å². The van der Waals surface area contributed by atoms with Crippen molar-refractivity contribution < 1.29 is 0 Å². The fraction of sp³-hybridized carbons (Fsp3) is 0.263. The standard InChI is InChI=1S/C19H20/c1-3-7-15-8-4-5-10-17(15)18-11-6-9-16-12-14(2)13-19(16)18/h4-6,8-11,13H,3,7,12H2,1-2H3. The molecule has 0 heterocycles. The molecule has 0 aliphatic heterocycles. The lowest BCUT2D eigenvalue weighted by molar-refractivity contribution is 0.923. The van der Waals surface area contributed by atoms with Gasteiger partial charge in [-0.2, -0.15) is 0 Å². The van der Waals surface area contributed by atoms with Crippen LogP contribution < -0.4 is 0 Å². The van der Waals surface area contributed by atoms with E-state index in [0.717, 1.165) is 12.8 Å². The average Bonchev–Trinajstić information content (AvgIpc) is 2.80. The Morgan fingerprint density at radius 3 is 2.58 bits per heavy atom. The summed E-state index contributed by atoms with van der Waals surface area (Å²) >= 11 is 0. The first kappa shape index (κ1) is 12.2. The van der Waals surface area contributed by atoms with Crippen molar-refractivity contribution in [3.63, 3.8) is 0 Å². The molecular weight excluding hydrogens is 228 g/mol. The molecule has 2 aromatic carbocycles. The van der Waals surface area contributed by atoms with Gasteiger partial charge in [0.25, 0.3) is 0 Å². The third-order valence-electron chi connectivity index (χ3n) is 3.88. The van der Waals surface area contributed by atoms with Gasteiger partial charge in [0.1, 0.15) is 0 Å².